The normalized spacial score (nSPS) is 12.1. The summed E-state index contributed by atoms with van der Waals surface area (Å²) in [7, 11) is 1.62. The number of hydrogen-bond acceptors (Lipinski definition) is 8. The highest BCUT2D eigenvalue weighted by Gasteiger charge is 2.20. The molecule has 3 aromatic carbocycles. The maximum atomic E-state index is 11.9. The number of hydrogen-bond donors (Lipinski definition) is 6. The molecule has 4 aromatic heterocycles. The fourth-order valence-corrected chi connectivity index (χ4v) is 6.19. The molecule has 0 spiro atoms. The molecular formula is C37H37N11O3. The number of fused-ring (bicyclic) bond motifs is 4. The van der Waals surface area contributed by atoms with E-state index in [2.05, 4.69) is 65.8 Å². The molecule has 0 radical (unpaired) electrons. The predicted molar refractivity (Wildman–Crippen MR) is 199 cm³/mol. The van der Waals surface area contributed by atoms with Crippen LogP contribution in [0.15, 0.2) is 90.1 Å². The van der Waals surface area contributed by atoms with Crippen molar-refractivity contribution in [2.75, 3.05) is 24.2 Å². The minimum absolute atomic E-state index is 0.0611. The summed E-state index contributed by atoms with van der Waals surface area (Å²) in [6.45, 7) is 10.1. The third kappa shape index (κ3) is 6.41. The van der Waals surface area contributed by atoms with Gasteiger partial charge in [0, 0.05) is 44.1 Å². The van der Waals surface area contributed by atoms with Gasteiger partial charge in [-0.2, -0.15) is 0 Å². The number of H-pyrrole nitrogens is 2. The van der Waals surface area contributed by atoms with Crippen molar-refractivity contribution in [2.24, 2.45) is 0 Å². The molecule has 14 nitrogen and oxygen atoms in total. The quantitative estimate of drug-likeness (QED) is 0.135. The Bertz CT molecular complexity index is 2540. The van der Waals surface area contributed by atoms with E-state index in [0.29, 0.717) is 24.4 Å². The van der Waals surface area contributed by atoms with Gasteiger partial charge in [-0.25, -0.2) is 19.7 Å². The number of aromatic nitrogens is 7. The SMILES string of the molecule is C=C1Nc2cc(-n3c(C(C)C)nc4cc(C(=O)NC)ccc43)cnc2N1.CC(=O)NCCc1nc2ccccc2n1-c1ccc2[nH]c(=O)[nH]c2c1. The van der Waals surface area contributed by atoms with E-state index in [1.54, 1.807) is 7.05 Å². The lowest BCUT2D eigenvalue weighted by molar-refractivity contribution is -0.118. The van der Waals surface area contributed by atoms with E-state index in [-0.39, 0.29) is 23.4 Å². The Morgan fingerprint density at radius 2 is 1.67 bits per heavy atom. The molecule has 0 fully saturated rings. The molecule has 2 amide bonds. The zero-order valence-corrected chi connectivity index (χ0v) is 28.6. The van der Waals surface area contributed by atoms with E-state index in [1.165, 1.54) is 6.92 Å². The lowest BCUT2D eigenvalue weighted by Gasteiger charge is -2.12. The van der Waals surface area contributed by atoms with E-state index in [4.69, 9.17) is 9.97 Å². The summed E-state index contributed by atoms with van der Waals surface area (Å²) in [5.41, 5.74) is 8.17. The van der Waals surface area contributed by atoms with Crippen LogP contribution >= 0.6 is 0 Å². The summed E-state index contributed by atoms with van der Waals surface area (Å²) in [5.74, 6) is 3.26. The maximum Gasteiger partial charge on any atom is 0.323 e. The largest absolute Gasteiger partial charge is 0.356 e. The Morgan fingerprint density at radius 1 is 0.882 bits per heavy atom. The highest BCUT2D eigenvalue weighted by atomic mass is 16.2. The minimum atomic E-state index is -0.228. The van der Waals surface area contributed by atoms with Crippen LogP contribution in [0, 0.1) is 0 Å². The summed E-state index contributed by atoms with van der Waals surface area (Å²) in [5, 5.41) is 11.7. The number of carbonyl (C=O) groups excluding carboxylic acids is 2. The van der Waals surface area contributed by atoms with Gasteiger partial charge in [0.15, 0.2) is 5.82 Å². The minimum Gasteiger partial charge on any atom is -0.356 e. The van der Waals surface area contributed by atoms with Crippen molar-refractivity contribution in [1.29, 1.82) is 0 Å². The topological polar surface area (TPSA) is 179 Å². The van der Waals surface area contributed by atoms with E-state index >= 15 is 0 Å². The molecule has 14 heteroatoms. The summed E-state index contributed by atoms with van der Waals surface area (Å²) in [6.07, 6.45) is 2.42. The Labute approximate surface area is 292 Å². The predicted octanol–water partition coefficient (Wildman–Crippen LogP) is 5.09. The van der Waals surface area contributed by atoms with Crippen LogP contribution in [-0.2, 0) is 11.2 Å². The number of aromatic amines is 2. The average molecular weight is 684 g/mol. The van der Waals surface area contributed by atoms with Crippen molar-refractivity contribution in [2.45, 2.75) is 33.1 Å². The zero-order valence-electron chi connectivity index (χ0n) is 28.6. The molecule has 1 aliphatic heterocycles. The number of carbonyl (C=O) groups is 2. The molecule has 5 heterocycles. The van der Waals surface area contributed by atoms with Crippen LogP contribution in [0.25, 0.3) is 44.5 Å². The van der Waals surface area contributed by atoms with E-state index in [9.17, 15) is 14.4 Å². The molecule has 258 valence electrons. The third-order valence-electron chi connectivity index (χ3n) is 8.48. The molecule has 6 N–H and O–H groups in total. The second-order valence-electron chi connectivity index (χ2n) is 12.5. The Morgan fingerprint density at radius 3 is 2.45 bits per heavy atom. The first-order valence-corrected chi connectivity index (χ1v) is 16.5. The van der Waals surface area contributed by atoms with Gasteiger partial charge in [0.2, 0.25) is 5.91 Å². The second kappa shape index (κ2) is 13.3. The van der Waals surface area contributed by atoms with Crippen LogP contribution < -0.4 is 27.0 Å². The van der Waals surface area contributed by atoms with Gasteiger partial charge >= 0.3 is 5.69 Å². The van der Waals surface area contributed by atoms with Crippen LogP contribution in [0.1, 0.15) is 48.7 Å². The fourth-order valence-electron chi connectivity index (χ4n) is 6.19. The summed E-state index contributed by atoms with van der Waals surface area (Å²) < 4.78 is 4.14. The molecule has 7 aromatic rings. The standard InChI is InChI=1S/C19H20N6O.C18H17N5O2/c1-10(2)18-24-14-7-12(19(26)20-4)5-6-16(14)25(18)13-8-15-17(21-9-13)23-11(3)22-15;1-11(24)19-9-8-17-20-14-4-2-3-5-16(14)23(17)12-6-7-13-15(10-12)22-18(25)21-13/h5-10,22H,3H2,1-2,4H3,(H,20,26)(H,21,23);2-7,10H,8-9H2,1H3,(H,19,24)(H2,21,22,25). The van der Waals surface area contributed by atoms with Gasteiger partial charge in [-0.05, 0) is 54.6 Å². The van der Waals surface area contributed by atoms with Crippen molar-refractivity contribution < 1.29 is 9.59 Å². The van der Waals surface area contributed by atoms with Crippen molar-refractivity contribution >= 4 is 56.4 Å². The lowest BCUT2D eigenvalue weighted by atomic mass is 10.2. The number of imidazole rings is 3. The third-order valence-corrected chi connectivity index (χ3v) is 8.48. The number of nitrogens with zero attached hydrogens (tertiary/aromatic N) is 5. The van der Waals surface area contributed by atoms with Crippen molar-refractivity contribution in [1.82, 2.24) is 44.7 Å². The van der Waals surface area contributed by atoms with Gasteiger partial charge in [-0.15, -0.1) is 0 Å². The molecule has 0 saturated heterocycles. The van der Waals surface area contributed by atoms with E-state index in [1.807, 2.05) is 72.9 Å². The van der Waals surface area contributed by atoms with Crippen molar-refractivity contribution in [3.63, 3.8) is 0 Å². The number of rotatable bonds is 7. The van der Waals surface area contributed by atoms with Gasteiger partial charge in [-0.1, -0.05) is 32.6 Å². The first-order chi connectivity index (χ1) is 24.6. The van der Waals surface area contributed by atoms with Crippen LogP contribution in [0.3, 0.4) is 0 Å². The Hall–Kier alpha value is -6.70. The molecular weight excluding hydrogens is 646 g/mol. The highest BCUT2D eigenvalue weighted by Crippen LogP contribution is 2.33. The first kappa shape index (κ1) is 32.8. The number of anilines is 2. The van der Waals surface area contributed by atoms with Crippen LogP contribution in [0.4, 0.5) is 11.5 Å². The van der Waals surface area contributed by atoms with Crippen LogP contribution in [-0.4, -0.2) is 59.5 Å². The van der Waals surface area contributed by atoms with Gasteiger partial charge in [0.25, 0.3) is 5.91 Å². The monoisotopic (exact) mass is 683 g/mol. The molecule has 1 aliphatic rings. The van der Waals surface area contributed by atoms with Gasteiger partial charge in [0.05, 0.1) is 50.7 Å². The lowest BCUT2D eigenvalue weighted by Crippen LogP contribution is -2.23. The van der Waals surface area contributed by atoms with Crippen molar-refractivity contribution in [3.05, 3.63) is 113 Å². The first-order valence-electron chi connectivity index (χ1n) is 16.5. The number of para-hydroxylation sites is 2. The van der Waals surface area contributed by atoms with Gasteiger partial charge in [0.1, 0.15) is 17.5 Å². The molecule has 0 saturated carbocycles. The summed E-state index contributed by atoms with van der Waals surface area (Å²) in [6, 6.07) is 21.2. The molecule has 0 aliphatic carbocycles. The Balaban J connectivity index is 0.000000159. The summed E-state index contributed by atoms with van der Waals surface area (Å²) in [4.78, 5) is 54.1. The van der Waals surface area contributed by atoms with Crippen LogP contribution in [0.5, 0.6) is 0 Å². The highest BCUT2D eigenvalue weighted by molar-refractivity contribution is 5.97. The molecule has 51 heavy (non-hydrogen) atoms. The molecule has 0 atom stereocenters. The van der Waals surface area contributed by atoms with E-state index in [0.717, 1.165) is 67.6 Å². The molecule has 0 unspecified atom stereocenters. The van der Waals surface area contributed by atoms with Gasteiger partial charge in [-0.3, -0.25) is 18.7 Å². The van der Waals surface area contributed by atoms with Gasteiger partial charge < -0.3 is 31.2 Å². The Kier molecular flexibility index (Phi) is 8.57. The zero-order chi connectivity index (χ0) is 35.8. The number of pyridine rings is 1. The summed E-state index contributed by atoms with van der Waals surface area (Å²) >= 11 is 0. The smallest absolute Gasteiger partial charge is 0.323 e. The fraction of sp³-hybridized carbons (Fsp3) is 0.189. The molecule has 8 rings (SSSR count). The molecule has 0 bridgehead atoms. The number of nitrogens with one attached hydrogen (secondary N) is 6. The maximum absolute atomic E-state index is 11.9. The average Bonchev–Trinajstić information content (AvgIpc) is 3.88. The van der Waals surface area contributed by atoms with Crippen molar-refractivity contribution in [3.8, 4) is 11.4 Å². The number of benzene rings is 3. The van der Waals surface area contributed by atoms with Crippen LogP contribution in [0.2, 0.25) is 0 Å². The number of amides is 2. The van der Waals surface area contributed by atoms with E-state index < -0.39 is 0 Å². The second-order valence-corrected chi connectivity index (χ2v) is 12.5.